The Morgan fingerprint density at radius 1 is 1.32 bits per heavy atom. The molecule has 4 rings (SSSR count). The molecular weight excluding hydrogens is 302 g/mol. The number of aromatic nitrogens is 4. The maximum atomic E-state index is 12.0. The second kappa shape index (κ2) is 5.24. The summed E-state index contributed by atoms with van der Waals surface area (Å²) in [5.41, 5.74) is 2.63. The summed E-state index contributed by atoms with van der Waals surface area (Å²) in [6.45, 7) is 3.32. The number of likely N-dealkylation sites (N-methyl/N-ethyl adjacent to an activating group) is 1. The molecule has 0 spiro atoms. The summed E-state index contributed by atoms with van der Waals surface area (Å²) in [7, 11) is 1.82. The minimum atomic E-state index is 0.0430. The summed E-state index contributed by atoms with van der Waals surface area (Å²) in [5, 5.41) is 13.4. The third-order valence-corrected chi connectivity index (χ3v) is 5.02. The summed E-state index contributed by atoms with van der Waals surface area (Å²) in [4.78, 5) is 17.8. The van der Waals surface area contributed by atoms with Gasteiger partial charge in [0.25, 0.3) is 0 Å². The lowest BCUT2D eigenvalue weighted by Crippen LogP contribution is -2.28. The summed E-state index contributed by atoms with van der Waals surface area (Å²) in [5.74, 6) is 0. The average molecular weight is 319 g/mol. The van der Waals surface area contributed by atoms with Gasteiger partial charge in [0.15, 0.2) is 0 Å². The van der Waals surface area contributed by atoms with E-state index in [1.807, 2.05) is 17.9 Å². The standard InChI is InChI=1S/C13H17N7OS/c1-17-4-5-19(13(17)21)11-6-15-20(8-11)10-2-3-18(7-10)12-16-14-9-22-12/h6,8-10H,2-5,7H2,1H3. The largest absolute Gasteiger partial charge is 0.344 e. The first-order valence-electron chi connectivity index (χ1n) is 7.30. The first-order valence-corrected chi connectivity index (χ1v) is 8.18. The van der Waals surface area contributed by atoms with Crippen molar-refractivity contribution in [2.75, 3.05) is 43.0 Å². The summed E-state index contributed by atoms with van der Waals surface area (Å²) in [6, 6.07) is 0.356. The van der Waals surface area contributed by atoms with Crippen LogP contribution in [0.15, 0.2) is 17.9 Å². The Balaban J connectivity index is 1.47. The lowest BCUT2D eigenvalue weighted by Gasteiger charge is -2.15. The Hall–Kier alpha value is -2.16. The van der Waals surface area contributed by atoms with Gasteiger partial charge in [0, 0.05) is 39.4 Å². The van der Waals surface area contributed by atoms with E-state index in [-0.39, 0.29) is 6.03 Å². The summed E-state index contributed by atoms with van der Waals surface area (Å²) >= 11 is 1.56. The molecule has 2 aliphatic rings. The van der Waals surface area contributed by atoms with Crippen molar-refractivity contribution in [2.24, 2.45) is 0 Å². The van der Waals surface area contributed by atoms with Crippen LogP contribution in [0.1, 0.15) is 12.5 Å². The van der Waals surface area contributed by atoms with Gasteiger partial charge in [-0.3, -0.25) is 9.58 Å². The molecule has 0 bridgehead atoms. The van der Waals surface area contributed by atoms with Gasteiger partial charge in [0.2, 0.25) is 5.13 Å². The molecule has 22 heavy (non-hydrogen) atoms. The monoisotopic (exact) mass is 319 g/mol. The molecule has 0 aromatic carbocycles. The van der Waals surface area contributed by atoms with Crippen LogP contribution in [0.2, 0.25) is 0 Å². The molecule has 0 aliphatic carbocycles. The van der Waals surface area contributed by atoms with Crippen LogP contribution in [0.25, 0.3) is 0 Å². The zero-order chi connectivity index (χ0) is 15.1. The fourth-order valence-corrected chi connectivity index (χ4v) is 3.59. The van der Waals surface area contributed by atoms with E-state index in [1.165, 1.54) is 0 Å². The first kappa shape index (κ1) is 13.5. The number of hydrogen-bond donors (Lipinski definition) is 0. The Morgan fingerprint density at radius 3 is 2.95 bits per heavy atom. The molecule has 2 aliphatic heterocycles. The number of carbonyl (C=O) groups is 1. The topological polar surface area (TPSA) is 70.4 Å². The molecule has 8 nitrogen and oxygen atoms in total. The number of urea groups is 1. The van der Waals surface area contributed by atoms with Gasteiger partial charge in [0.05, 0.1) is 17.9 Å². The third-order valence-electron chi connectivity index (χ3n) is 4.27. The van der Waals surface area contributed by atoms with Crippen molar-refractivity contribution < 1.29 is 4.79 Å². The normalized spacial score (nSPS) is 22.1. The van der Waals surface area contributed by atoms with Crippen molar-refractivity contribution in [3.63, 3.8) is 0 Å². The van der Waals surface area contributed by atoms with Crippen LogP contribution in [0.5, 0.6) is 0 Å². The second-order valence-electron chi connectivity index (χ2n) is 5.64. The van der Waals surface area contributed by atoms with Crippen LogP contribution in [0.3, 0.4) is 0 Å². The number of amides is 2. The van der Waals surface area contributed by atoms with Gasteiger partial charge < -0.3 is 9.80 Å². The van der Waals surface area contributed by atoms with Gasteiger partial charge in [-0.1, -0.05) is 11.3 Å². The molecule has 9 heteroatoms. The fraction of sp³-hybridized carbons (Fsp3) is 0.538. The fourth-order valence-electron chi connectivity index (χ4n) is 2.99. The first-order chi connectivity index (χ1) is 10.7. The molecule has 2 aromatic rings. The van der Waals surface area contributed by atoms with Crippen LogP contribution in [-0.2, 0) is 0 Å². The molecule has 0 saturated carbocycles. The Morgan fingerprint density at radius 2 is 2.23 bits per heavy atom. The average Bonchev–Trinajstić information content (AvgIpc) is 3.25. The quantitative estimate of drug-likeness (QED) is 0.846. The molecule has 2 fully saturated rings. The molecule has 2 saturated heterocycles. The minimum Gasteiger partial charge on any atom is -0.344 e. The van der Waals surface area contributed by atoms with Crippen molar-refractivity contribution in [1.82, 2.24) is 24.9 Å². The Labute approximate surface area is 131 Å². The molecule has 1 atom stereocenters. The van der Waals surface area contributed by atoms with Crippen molar-refractivity contribution >= 4 is 28.2 Å². The highest BCUT2D eigenvalue weighted by Gasteiger charge is 2.30. The van der Waals surface area contributed by atoms with Gasteiger partial charge in [-0.05, 0) is 6.42 Å². The van der Waals surface area contributed by atoms with Gasteiger partial charge >= 0.3 is 6.03 Å². The lowest BCUT2D eigenvalue weighted by atomic mass is 10.3. The van der Waals surface area contributed by atoms with E-state index in [2.05, 4.69) is 20.2 Å². The zero-order valence-corrected chi connectivity index (χ0v) is 13.1. The van der Waals surface area contributed by atoms with Gasteiger partial charge in [-0.15, -0.1) is 10.2 Å². The molecule has 2 amide bonds. The van der Waals surface area contributed by atoms with Crippen LogP contribution in [0, 0.1) is 0 Å². The highest BCUT2D eigenvalue weighted by Crippen LogP contribution is 2.28. The molecule has 0 radical (unpaired) electrons. The number of anilines is 2. The van der Waals surface area contributed by atoms with Crippen LogP contribution in [-0.4, -0.2) is 64.1 Å². The lowest BCUT2D eigenvalue weighted by molar-refractivity contribution is 0.229. The third kappa shape index (κ3) is 2.21. The van der Waals surface area contributed by atoms with E-state index in [1.54, 1.807) is 32.8 Å². The summed E-state index contributed by atoms with van der Waals surface area (Å²) in [6.07, 6.45) is 4.78. The SMILES string of the molecule is CN1CCN(c2cnn(C3CCN(c4nncs4)C3)c2)C1=O. The van der Waals surface area contributed by atoms with E-state index < -0.39 is 0 Å². The highest BCUT2D eigenvalue weighted by atomic mass is 32.1. The van der Waals surface area contributed by atoms with Crippen molar-refractivity contribution in [1.29, 1.82) is 0 Å². The maximum Gasteiger partial charge on any atom is 0.324 e. The number of nitrogens with zero attached hydrogens (tertiary/aromatic N) is 7. The summed E-state index contributed by atoms with van der Waals surface area (Å²) < 4.78 is 1.97. The minimum absolute atomic E-state index is 0.0430. The molecular formula is C13H17N7OS. The van der Waals surface area contributed by atoms with Crippen LogP contribution >= 0.6 is 11.3 Å². The highest BCUT2D eigenvalue weighted by molar-refractivity contribution is 7.13. The molecule has 116 valence electrons. The van der Waals surface area contributed by atoms with E-state index >= 15 is 0 Å². The Kier molecular flexibility index (Phi) is 3.21. The maximum absolute atomic E-state index is 12.0. The van der Waals surface area contributed by atoms with E-state index in [4.69, 9.17) is 0 Å². The predicted molar refractivity (Wildman–Crippen MR) is 83.4 cm³/mol. The van der Waals surface area contributed by atoms with Crippen molar-refractivity contribution in [2.45, 2.75) is 12.5 Å². The van der Waals surface area contributed by atoms with Crippen molar-refractivity contribution in [3.05, 3.63) is 17.9 Å². The van der Waals surface area contributed by atoms with E-state index in [0.29, 0.717) is 6.04 Å². The van der Waals surface area contributed by atoms with Crippen LogP contribution in [0.4, 0.5) is 15.6 Å². The van der Waals surface area contributed by atoms with Gasteiger partial charge in [0.1, 0.15) is 5.51 Å². The number of hydrogen-bond acceptors (Lipinski definition) is 6. The van der Waals surface area contributed by atoms with Gasteiger partial charge in [-0.25, -0.2) is 4.79 Å². The predicted octanol–water partition coefficient (Wildman–Crippen LogP) is 1.06. The molecule has 2 aromatic heterocycles. The van der Waals surface area contributed by atoms with Gasteiger partial charge in [-0.2, -0.15) is 5.10 Å². The molecule has 4 heterocycles. The molecule has 1 unspecified atom stereocenters. The molecule has 0 N–H and O–H groups in total. The smallest absolute Gasteiger partial charge is 0.324 e. The number of carbonyl (C=O) groups excluding carboxylic acids is 1. The van der Waals surface area contributed by atoms with Crippen LogP contribution < -0.4 is 9.80 Å². The number of rotatable bonds is 3. The van der Waals surface area contributed by atoms with Crippen molar-refractivity contribution in [3.8, 4) is 0 Å². The van der Waals surface area contributed by atoms with E-state index in [9.17, 15) is 4.79 Å². The second-order valence-corrected chi connectivity index (χ2v) is 6.46. The zero-order valence-electron chi connectivity index (χ0n) is 12.3. The van der Waals surface area contributed by atoms with E-state index in [0.717, 1.165) is 43.4 Å². The Bertz CT molecular complexity index is 670.